The van der Waals surface area contributed by atoms with E-state index in [1.54, 1.807) is 5.51 Å². The molecule has 1 aromatic rings. The van der Waals surface area contributed by atoms with E-state index >= 15 is 0 Å². The van der Waals surface area contributed by atoms with Crippen LogP contribution in [-0.2, 0) is 0 Å². The molecule has 15 heavy (non-hydrogen) atoms. The molecule has 0 saturated carbocycles. The molecular formula is C11H18N2OS. The smallest absolute Gasteiger partial charge is 0.263 e. The van der Waals surface area contributed by atoms with Gasteiger partial charge in [-0.15, -0.1) is 11.3 Å². The van der Waals surface area contributed by atoms with E-state index in [0.717, 1.165) is 30.0 Å². The predicted octanol–water partition coefficient (Wildman–Crippen LogP) is 2.62. The molecule has 0 radical (unpaired) electrons. The summed E-state index contributed by atoms with van der Waals surface area (Å²) in [4.78, 5) is 16.5. The lowest BCUT2D eigenvalue weighted by molar-refractivity contribution is 0.0949. The second-order valence-corrected chi connectivity index (χ2v) is 4.51. The van der Waals surface area contributed by atoms with E-state index in [4.69, 9.17) is 0 Å². The normalized spacial score (nSPS) is 10.7. The number of amides is 1. The summed E-state index contributed by atoms with van der Waals surface area (Å²) >= 11 is 1.40. The molecular weight excluding hydrogens is 208 g/mol. The Morgan fingerprint density at radius 3 is 2.67 bits per heavy atom. The lowest BCUT2D eigenvalue weighted by atomic mass is 10.0. The highest BCUT2D eigenvalue weighted by molar-refractivity contribution is 7.11. The first-order valence-corrected chi connectivity index (χ1v) is 6.25. The van der Waals surface area contributed by atoms with Crippen LogP contribution in [0.1, 0.15) is 42.1 Å². The van der Waals surface area contributed by atoms with Gasteiger partial charge in [0, 0.05) is 6.54 Å². The molecule has 0 fully saturated rings. The van der Waals surface area contributed by atoms with Crippen molar-refractivity contribution >= 4 is 17.2 Å². The van der Waals surface area contributed by atoms with Gasteiger partial charge in [-0.3, -0.25) is 4.79 Å². The zero-order valence-corrected chi connectivity index (χ0v) is 10.4. The second-order valence-electron chi connectivity index (χ2n) is 3.66. The Bertz CT molecular complexity index is 318. The zero-order valence-electron chi connectivity index (χ0n) is 9.54. The van der Waals surface area contributed by atoms with Crippen LogP contribution in [0.3, 0.4) is 0 Å². The Morgan fingerprint density at radius 1 is 1.53 bits per heavy atom. The summed E-state index contributed by atoms with van der Waals surface area (Å²) in [6.45, 7) is 6.93. The maximum atomic E-state index is 11.7. The number of nitrogens with zero attached hydrogens (tertiary/aromatic N) is 1. The topological polar surface area (TPSA) is 42.0 Å². The summed E-state index contributed by atoms with van der Waals surface area (Å²) in [7, 11) is 0. The molecule has 1 aromatic heterocycles. The largest absolute Gasteiger partial charge is 0.351 e. The average molecular weight is 226 g/mol. The molecule has 0 aliphatic rings. The van der Waals surface area contributed by atoms with Crippen LogP contribution in [0, 0.1) is 12.8 Å². The van der Waals surface area contributed by atoms with Crippen LogP contribution < -0.4 is 5.32 Å². The monoisotopic (exact) mass is 226 g/mol. The van der Waals surface area contributed by atoms with Crippen LogP contribution >= 0.6 is 11.3 Å². The van der Waals surface area contributed by atoms with Gasteiger partial charge in [0.2, 0.25) is 0 Å². The van der Waals surface area contributed by atoms with Gasteiger partial charge in [0.15, 0.2) is 0 Å². The van der Waals surface area contributed by atoms with Crippen LogP contribution in [-0.4, -0.2) is 17.4 Å². The van der Waals surface area contributed by atoms with E-state index in [0.29, 0.717) is 5.92 Å². The van der Waals surface area contributed by atoms with Crippen molar-refractivity contribution in [2.24, 2.45) is 5.92 Å². The molecule has 1 heterocycles. The molecule has 0 unspecified atom stereocenters. The third-order valence-electron chi connectivity index (χ3n) is 2.66. The molecule has 1 N–H and O–H groups in total. The molecule has 0 atom stereocenters. The Balaban J connectivity index is 2.47. The van der Waals surface area contributed by atoms with Crippen molar-refractivity contribution in [3.63, 3.8) is 0 Å². The lowest BCUT2D eigenvalue weighted by Crippen LogP contribution is -2.28. The number of carbonyl (C=O) groups is 1. The molecule has 0 aliphatic carbocycles. The summed E-state index contributed by atoms with van der Waals surface area (Å²) in [6, 6.07) is 0. The van der Waals surface area contributed by atoms with Crippen LogP contribution in [0.25, 0.3) is 0 Å². The van der Waals surface area contributed by atoms with Crippen LogP contribution in [0.5, 0.6) is 0 Å². The van der Waals surface area contributed by atoms with Crippen molar-refractivity contribution in [1.82, 2.24) is 10.3 Å². The minimum absolute atomic E-state index is 0.0156. The Kier molecular flexibility index (Phi) is 4.75. The first kappa shape index (κ1) is 12.2. The minimum Gasteiger partial charge on any atom is -0.351 e. The molecule has 0 aliphatic heterocycles. The highest BCUT2D eigenvalue weighted by Crippen LogP contribution is 2.12. The molecule has 1 rings (SSSR count). The number of rotatable bonds is 5. The van der Waals surface area contributed by atoms with Crippen LogP contribution in [0.2, 0.25) is 0 Å². The third-order valence-corrected chi connectivity index (χ3v) is 3.59. The van der Waals surface area contributed by atoms with Gasteiger partial charge in [0.25, 0.3) is 5.91 Å². The number of hydrogen-bond donors (Lipinski definition) is 1. The number of hydrogen-bond acceptors (Lipinski definition) is 3. The van der Waals surface area contributed by atoms with Gasteiger partial charge >= 0.3 is 0 Å². The Hall–Kier alpha value is -0.900. The van der Waals surface area contributed by atoms with Crippen LogP contribution in [0.15, 0.2) is 5.51 Å². The van der Waals surface area contributed by atoms with Crippen LogP contribution in [0.4, 0.5) is 0 Å². The van der Waals surface area contributed by atoms with Gasteiger partial charge < -0.3 is 5.32 Å². The van der Waals surface area contributed by atoms with Gasteiger partial charge in [0.05, 0.1) is 11.2 Å². The quantitative estimate of drug-likeness (QED) is 0.838. The van der Waals surface area contributed by atoms with Gasteiger partial charge in [-0.2, -0.15) is 0 Å². The molecule has 4 heteroatoms. The zero-order chi connectivity index (χ0) is 11.3. The maximum absolute atomic E-state index is 11.7. The molecule has 0 bridgehead atoms. The standard InChI is InChI=1S/C11H18N2OS/c1-4-9(5-2)6-12-11(14)10-8(3)13-7-15-10/h7,9H,4-6H2,1-3H3,(H,12,14). The number of aryl methyl sites for hydroxylation is 1. The molecule has 0 saturated heterocycles. The van der Waals surface area contributed by atoms with Gasteiger partial charge in [-0.1, -0.05) is 26.7 Å². The van der Waals surface area contributed by atoms with Crippen molar-refractivity contribution in [1.29, 1.82) is 0 Å². The molecule has 84 valence electrons. The van der Waals surface area contributed by atoms with Crippen molar-refractivity contribution in [2.75, 3.05) is 6.54 Å². The van der Waals surface area contributed by atoms with E-state index < -0.39 is 0 Å². The van der Waals surface area contributed by atoms with E-state index in [1.807, 2.05) is 6.92 Å². The van der Waals surface area contributed by atoms with Gasteiger partial charge in [0.1, 0.15) is 4.88 Å². The fourth-order valence-electron chi connectivity index (χ4n) is 1.41. The minimum atomic E-state index is 0.0156. The number of nitrogens with one attached hydrogen (secondary N) is 1. The molecule has 0 spiro atoms. The molecule has 3 nitrogen and oxygen atoms in total. The summed E-state index contributed by atoms with van der Waals surface area (Å²) in [5.41, 5.74) is 2.53. The van der Waals surface area contributed by atoms with E-state index in [-0.39, 0.29) is 5.91 Å². The highest BCUT2D eigenvalue weighted by atomic mass is 32.1. The van der Waals surface area contributed by atoms with Crippen molar-refractivity contribution in [3.8, 4) is 0 Å². The molecule has 0 aromatic carbocycles. The number of carbonyl (C=O) groups excluding carboxylic acids is 1. The number of thiazole rings is 1. The second kappa shape index (κ2) is 5.85. The third kappa shape index (κ3) is 3.30. The van der Waals surface area contributed by atoms with E-state index in [1.165, 1.54) is 11.3 Å². The lowest BCUT2D eigenvalue weighted by Gasteiger charge is -2.12. The summed E-state index contributed by atoms with van der Waals surface area (Å²) < 4.78 is 0. The predicted molar refractivity (Wildman–Crippen MR) is 63.3 cm³/mol. The summed E-state index contributed by atoms with van der Waals surface area (Å²) in [6.07, 6.45) is 2.22. The Morgan fingerprint density at radius 2 is 2.20 bits per heavy atom. The van der Waals surface area contributed by atoms with Crippen molar-refractivity contribution in [3.05, 3.63) is 16.1 Å². The first-order chi connectivity index (χ1) is 7.19. The fourth-order valence-corrected chi connectivity index (χ4v) is 2.13. The molecule has 1 amide bonds. The van der Waals surface area contributed by atoms with E-state index in [2.05, 4.69) is 24.1 Å². The Labute approximate surface area is 94.9 Å². The highest BCUT2D eigenvalue weighted by Gasteiger charge is 2.12. The van der Waals surface area contributed by atoms with Gasteiger partial charge in [-0.25, -0.2) is 4.98 Å². The fraction of sp³-hybridized carbons (Fsp3) is 0.636. The van der Waals surface area contributed by atoms with Crippen molar-refractivity contribution < 1.29 is 4.79 Å². The van der Waals surface area contributed by atoms with Crippen molar-refractivity contribution in [2.45, 2.75) is 33.6 Å². The maximum Gasteiger partial charge on any atom is 0.263 e. The first-order valence-electron chi connectivity index (χ1n) is 5.37. The number of aromatic nitrogens is 1. The SMILES string of the molecule is CCC(CC)CNC(=O)c1scnc1C. The van der Waals surface area contributed by atoms with Gasteiger partial charge in [-0.05, 0) is 12.8 Å². The van der Waals surface area contributed by atoms with E-state index in [9.17, 15) is 4.79 Å². The average Bonchev–Trinajstić information content (AvgIpc) is 2.66. The summed E-state index contributed by atoms with van der Waals surface area (Å²) in [5, 5.41) is 2.96. The summed E-state index contributed by atoms with van der Waals surface area (Å²) in [5.74, 6) is 0.601.